The van der Waals surface area contributed by atoms with Crippen LogP contribution in [0.1, 0.15) is 38.7 Å². The van der Waals surface area contributed by atoms with Crippen LogP contribution in [-0.4, -0.2) is 23.8 Å². The zero-order valence-corrected chi connectivity index (χ0v) is 10.9. The molecule has 1 heterocycles. The number of benzene rings is 1. The van der Waals surface area contributed by atoms with E-state index in [1.807, 2.05) is 6.92 Å². The van der Waals surface area contributed by atoms with Gasteiger partial charge in [0.15, 0.2) is 0 Å². The Kier molecular flexibility index (Phi) is 4.06. The second-order valence-corrected chi connectivity index (χ2v) is 5.08. The molecule has 1 aromatic rings. The van der Waals surface area contributed by atoms with Crippen LogP contribution in [0.5, 0.6) is 0 Å². The van der Waals surface area contributed by atoms with Gasteiger partial charge in [-0.2, -0.15) is 0 Å². The third-order valence-electron chi connectivity index (χ3n) is 3.76. The minimum Gasteiger partial charge on any atom is -0.393 e. The molecule has 1 N–H and O–H groups in total. The lowest BCUT2D eigenvalue weighted by atomic mass is 10.1. The van der Waals surface area contributed by atoms with Crippen molar-refractivity contribution in [3.05, 3.63) is 29.8 Å². The van der Waals surface area contributed by atoms with Crippen LogP contribution in [0.4, 0.5) is 5.69 Å². The summed E-state index contributed by atoms with van der Waals surface area (Å²) in [6.45, 7) is 5.39. The first kappa shape index (κ1) is 12.4. The minimum atomic E-state index is -0.122. The van der Waals surface area contributed by atoms with Gasteiger partial charge >= 0.3 is 0 Å². The maximum atomic E-state index is 9.57. The molecule has 2 atom stereocenters. The highest BCUT2D eigenvalue weighted by atomic mass is 16.3. The van der Waals surface area contributed by atoms with Gasteiger partial charge in [-0.1, -0.05) is 25.1 Å². The van der Waals surface area contributed by atoms with Gasteiger partial charge in [0.1, 0.15) is 0 Å². The Morgan fingerprint density at radius 2 is 2.18 bits per heavy atom. The number of para-hydroxylation sites is 1. The summed E-state index contributed by atoms with van der Waals surface area (Å²) in [6, 6.07) is 9.29. The summed E-state index contributed by atoms with van der Waals surface area (Å²) >= 11 is 0. The van der Waals surface area contributed by atoms with Gasteiger partial charge in [-0.3, -0.25) is 0 Å². The van der Waals surface area contributed by atoms with Crippen molar-refractivity contribution in [2.75, 3.05) is 11.4 Å². The number of aliphatic hydroxyl groups is 1. The molecule has 2 heteroatoms. The molecule has 0 bridgehead atoms. The maximum Gasteiger partial charge on any atom is 0.0538 e. The van der Waals surface area contributed by atoms with E-state index in [4.69, 9.17) is 0 Å². The summed E-state index contributed by atoms with van der Waals surface area (Å²) in [5.74, 6) is 0. The topological polar surface area (TPSA) is 23.5 Å². The third kappa shape index (κ3) is 2.81. The second-order valence-electron chi connectivity index (χ2n) is 5.08. The van der Waals surface area contributed by atoms with Crippen molar-refractivity contribution >= 4 is 5.69 Å². The molecular weight excluding hydrogens is 210 g/mol. The summed E-state index contributed by atoms with van der Waals surface area (Å²) in [6.07, 6.45) is 3.90. The van der Waals surface area contributed by atoms with Crippen molar-refractivity contribution in [2.45, 2.75) is 51.7 Å². The SMILES string of the molecule is CCC(O)CCCN1c2ccccc2CC1C. The molecule has 0 aliphatic carbocycles. The number of hydrogen-bond donors (Lipinski definition) is 1. The highest BCUT2D eigenvalue weighted by molar-refractivity contribution is 5.59. The molecule has 0 saturated heterocycles. The van der Waals surface area contributed by atoms with Crippen LogP contribution in [0, 0.1) is 0 Å². The normalized spacial score (nSPS) is 20.4. The van der Waals surface area contributed by atoms with Gasteiger partial charge in [-0.25, -0.2) is 0 Å². The Balaban J connectivity index is 1.93. The average Bonchev–Trinajstić information content (AvgIpc) is 2.66. The summed E-state index contributed by atoms with van der Waals surface area (Å²) in [5, 5.41) is 9.57. The van der Waals surface area contributed by atoms with Crippen LogP contribution in [0.25, 0.3) is 0 Å². The zero-order valence-electron chi connectivity index (χ0n) is 10.9. The fourth-order valence-corrected chi connectivity index (χ4v) is 2.67. The van der Waals surface area contributed by atoms with E-state index in [0.29, 0.717) is 6.04 Å². The average molecular weight is 233 g/mol. The van der Waals surface area contributed by atoms with E-state index in [9.17, 15) is 5.11 Å². The molecule has 0 saturated carbocycles. The van der Waals surface area contributed by atoms with Crippen LogP contribution >= 0.6 is 0 Å². The molecule has 1 aliphatic heterocycles. The first-order valence-corrected chi connectivity index (χ1v) is 6.75. The van der Waals surface area contributed by atoms with Crippen LogP contribution in [0.2, 0.25) is 0 Å². The predicted octanol–water partition coefficient (Wildman–Crippen LogP) is 2.99. The third-order valence-corrected chi connectivity index (χ3v) is 3.76. The van der Waals surface area contributed by atoms with Crippen molar-refractivity contribution in [3.63, 3.8) is 0 Å². The summed E-state index contributed by atoms with van der Waals surface area (Å²) in [5.41, 5.74) is 2.86. The molecule has 0 spiro atoms. The molecular formula is C15H23NO. The van der Waals surface area contributed by atoms with E-state index in [0.717, 1.165) is 32.2 Å². The summed E-state index contributed by atoms with van der Waals surface area (Å²) in [7, 11) is 0. The van der Waals surface area contributed by atoms with Crippen LogP contribution in [0.15, 0.2) is 24.3 Å². The van der Waals surface area contributed by atoms with Crippen molar-refractivity contribution in [1.82, 2.24) is 0 Å². The van der Waals surface area contributed by atoms with E-state index < -0.39 is 0 Å². The molecule has 94 valence electrons. The fraction of sp³-hybridized carbons (Fsp3) is 0.600. The smallest absolute Gasteiger partial charge is 0.0538 e. The van der Waals surface area contributed by atoms with E-state index in [2.05, 4.69) is 36.1 Å². The number of rotatable bonds is 5. The Hall–Kier alpha value is -1.02. The van der Waals surface area contributed by atoms with E-state index in [1.165, 1.54) is 11.3 Å². The van der Waals surface area contributed by atoms with Gasteiger partial charge < -0.3 is 10.0 Å². The lowest BCUT2D eigenvalue weighted by Crippen LogP contribution is -2.30. The highest BCUT2D eigenvalue weighted by Crippen LogP contribution is 2.31. The van der Waals surface area contributed by atoms with Gasteiger partial charge in [0.05, 0.1) is 6.10 Å². The first-order chi connectivity index (χ1) is 8.22. The number of anilines is 1. The van der Waals surface area contributed by atoms with Gasteiger partial charge in [-0.15, -0.1) is 0 Å². The molecule has 17 heavy (non-hydrogen) atoms. The fourth-order valence-electron chi connectivity index (χ4n) is 2.67. The molecule has 0 aromatic heterocycles. The highest BCUT2D eigenvalue weighted by Gasteiger charge is 2.24. The quantitative estimate of drug-likeness (QED) is 0.845. The standard InChI is InChI=1S/C15H23NO/c1-3-14(17)8-6-10-16-12(2)11-13-7-4-5-9-15(13)16/h4-5,7,9,12,14,17H,3,6,8,10-11H2,1-2H3. The van der Waals surface area contributed by atoms with Crippen molar-refractivity contribution in [2.24, 2.45) is 0 Å². The first-order valence-electron chi connectivity index (χ1n) is 6.75. The van der Waals surface area contributed by atoms with Crippen molar-refractivity contribution < 1.29 is 5.11 Å². The van der Waals surface area contributed by atoms with Crippen molar-refractivity contribution in [3.8, 4) is 0 Å². The van der Waals surface area contributed by atoms with E-state index >= 15 is 0 Å². The lowest BCUT2D eigenvalue weighted by Gasteiger charge is -2.25. The number of nitrogens with zero attached hydrogens (tertiary/aromatic N) is 1. The molecule has 0 radical (unpaired) electrons. The van der Waals surface area contributed by atoms with Crippen LogP contribution in [-0.2, 0) is 6.42 Å². The number of aliphatic hydroxyl groups excluding tert-OH is 1. The largest absolute Gasteiger partial charge is 0.393 e. The Morgan fingerprint density at radius 1 is 1.41 bits per heavy atom. The number of fused-ring (bicyclic) bond motifs is 1. The lowest BCUT2D eigenvalue weighted by molar-refractivity contribution is 0.158. The van der Waals surface area contributed by atoms with Crippen LogP contribution < -0.4 is 4.90 Å². The van der Waals surface area contributed by atoms with Crippen LogP contribution in [0.3, 0.4) is 0 Å². The monoisotopic (exact) mass is 233 g/mol. The maximum absolute atomic E-state index is 9.57. The van der Waals surface area contributed by atoms with E-state index in [1.54, 1.807) is 0 Å². The zero-order chi connectivity index (χ0) is 12.3. The predicted molar refractivity (Wildman–Crippen MR) is 72.5 cm³/mol. The number of hydrogen-bond acceptors (Lipinski definition) is 2. The van der Waals surface area contributed by atoms with Gasteiger partial charge in [0.2, 0.25) is 0 Å². The molecule has 0 fully saturated rings. The van der Waals surface area contributed by atoms with Gasteiger partial charge in [0.25, 0.3) is 0 Å². The van der Waals surface area contributed by atoms with Crippen molar-refractivity contribution in [1.29, 1.82) is 0 Å². The summed E-state index contributed by atoms with van der Waals surface area (Å²) < 4.78 is 0. The van der Waals surface area contributed by atoms with Gasteiger partial charge in [0, 0.05) is 18.3 Å². The molecule has 2 nitrogen and oxygen atoms in total. The molecule has 2 unspecified atom stereocenters. The van der Waals surface area contributed by atoms with E-state index in [-0.39, 0.29) is 6.10 Å². The molecule has 2 rings (SSSR count). The molecule has 1 aromatic carbocycles. The molecule has 0 amide bonds. The Morgan fingerprint density at radius 3 is 2.94 bits per heavy atom. The molecule has 1 aliphatic rings. The minimum absolute atomic E-state index is 0.122. The van der Waals surface area contributed by atoms with Gasteiger partial charge in [-0.05, 0) is 44.2 Å². The Labute approximate surface area is 104 Å². The summed E-state index contributed by atoms with van der Waals surface area (Å²) in [4.78, 5) is 2.48. The second kappa shape index (κ2) is 5.54. The Bertz CT molecular complexity index is 364.